The van der Waals surface area contributed by atoms with Crippen molar-refractivity contribution in [3.8, 4) is 11.5 Å². The lowest BCUT2D eigenvalue weighted by atomic mass is 10.3. The predicted octanol–water partition coefficient (Wildman–Crippen LogP) is 3.63. The molecule has 0 bridgehead atoms. The minimum Gasteiger partial charge on any atom is -0.494 e. The number of aliphatic imine (C=N–C) groups is 1. The van der Waals surface area contributed by atoms with Gasteiger partial charge in [0, 0.05) is 0 Å². The lowest BCUT2D eigenvalue weighted by Gasteiger charge is -2.02. The molecule has 0 N–H and O–H groups in total. The smallest absolute Gasteiger partial charge is 0.137 e. The predicted molar refractivity (Wildman–Crippen MR) is 80.3 cm³/mol. The maximum Gasteiger partial charge on any atom is 0.137 e. The molecule has 0 aliphatic heterocycles. The van der Waals surface area contributed by atoms with E-state index in [1.807, 2.05) is 50.2 Å². The summed E-state index contributed by atoms with van der Waals surface area (Å²) in [7, 11) is 0. The third kappa shape index (κ3) is 4.09. The zero-order valence-corrected chi connectivity index (χ0v) is 11.7. The standard InChI is InChI=1S/C16H18N2O2/c1-3-19-15-8-5-13(6-9-15)17-11-14-7-10-16(12-18-14)20-4-2/h5-12H,3-4H2,1-2H3. The highest BCUT2D eigenvalue weighted by Gasteiger charge is 1.95. The highest BCUT2D eigenvalue weighted by molar-refractivity contribution is 5.79. The van der Waals surface area contributed by atoms with E-state index >= 15 is 0 Å². The van der Waals surface area contributed by atoms with Crippen molar-refractivity contribution in [1.82, 2.24) is 4.98 Å². The van der Waals surface area contributed by atoms with Crippen LogP contribution in [0.15, 0.2) is 47.6 Å². The van der Waals surface area contributed by atoms with Crippen LogP contribution in [-0.4, -0.2) is 24.4 Å². The van der Waals surface area contributed by atoms with Gasteiger partial charge in [-0.3, -0.25) is 9.98 Å². The molecule has 0 saturated heterocycles. The van der Waals surface area contributed by atoms with Crippen molar-refractivity contribution < 1.29 is 9.47 Å². The van der Waals surface area contributed by atoms with Crippen molar-refractivity contribution in [2.75, 3.05) is 13.2 Å². The number of pyridine rings is 1. The second-order valence-corrected chi connectivity index (χ2v) is 4.04. The molecule has 1 aromatic carbocycles. The molecule has 104 valence electrons. The van der Waals surface area contributed by atoms with Crippen LogP contribution in [0.5, 0.6) is 11.5 Å². The number of rotatable bonds is 6. The largest absolute Gasteiger partial charge is 0.494 e. The molecular weight excluding hydrogens is 252 g/mol. The van der Waals surface area contributed by atoms with E-state index in [0.717, 1.165) is 22.9 Å². The SMILES string of the molecule is CCOc1ccc(N=Cc2ccc(OCC)cn2)cc1. The first-order valence-corrected chi connectivity index (χ1v) is 6.67. The molecule has 0 atom stereocenters. The Morgan fingerprint density at radius 3 is 2.20 bits per heavy atom. The molecule has 0 spiro atoms. The molecule has 0 unspecified atom stereocenters. The van der Waals surface area contributed by atoms with Crippen molar-refractivity contribution in [2.24, 2.45) is 4.99 Å². The van der Waals surface area contributed by atoms with E-state index in [1.54, 1.807) is 12.4 Å². The molecule has 1 heterocycles. The monoisotopic (exact) mass is 270 g/mol. The highest BCUT2D eigenvalue weighted by Crippen LogP contribution is 2.18. The van der Waals surface area contributed by atoms with Gasteiger partial charge in [0.15, 0.2) is 0 Å². The van der Waals surface area contributed by atoms with Crippen LogP contribution in [-0.2, 0) is 0 Å². The summed E-state index contributed by atoms with van der Waals surface area (Å²) in [4.78, 5) is 8.63. The van der Waals surface area contributed by atoms with Crippen LogP contribution in [0, 0.1) is 0 Å². The molecule has 2 aromatic rings. The molecule has 20 heavy (non-hydrogen) atoms. The van der Waals surface area contributed by atoms with Gasteiger partial charge in [-0.25, -0.2) is 0 Å². The third-order valence-electron chi connectivity index (χ3n) is 2.56. The van der Waals surface area contributed by atoms with Crippen LogP contribution in [0.25, 0.3) is 0 Å². The van der Waals surface area contributed by atoms with E-state index in [9.17, 15) is 0 Å². The Labute approximate surface area is 119 Å². The van der Waals surface area contributed by atoms with Crippen molar-refractivity contribution >= 4 is 11.9 Å². The Morgan fingerprint density at radius 2 is 1.60 bits per heavy atom. The van der Waals surface area contributed by atoms with Gasteiger partial charge in [-0.05, 0) is 50.2 Å². The summed E-state index contributed by atoms with van der Waals surface area (Å²) in [5.41, 5.74) is 1.66. The normalized spacial score (nSPS) is 10.7. The van der Waals surface area contributed by atoms with Gasteiger partial charge in [0.1, 0.15) is 11.5 Å². The summed E-state index contributed by atoms with van der Waals surface area (Å²) in [6.07, 6.45) is 3.43. The van der Waals surface area contributed by atoms with Crippen LogP contribution >= 0.6 is 0 Å². The molecule has 4 heteroatoms. The Balaban J connectivity index is 2.01. The van der Waals surface area contributed by atoms with Crippen molar-refractivity contribution in [3.63, 3.8) is 0 Å². The van der Waals surface area contributed by atoms with E-state index in [2.05, 4.69) is 9.98 Å². The highest BCUT2D eigenvalue weighted by atomic mass is 16.5. The second kappa shape index (κ2) is 7.28. The molecule has 0 radical (unpaired) electrons. The van der Waals surface area contributed by atoms with Gasteiger partial charge in [0.2, 0.25) is 0 Å². The number of ether oxygens (including phenoxy) is 2. The lowest BCUT2D eigenvalue weighted by molar-refractivity contribution is 0.339. The first-order valence-electron chi connectivity index (χ1n) is 6.67. The number of nitrogens with zero attached hydrogens (tertiary/aromatic N) is 2. The summed E-state index contributed by atoms with van der Waals surface area (Å²) in [6.45, 7) is 5.21. The van der Waals surface area contributed by atoms with E-state index in [4.69, 9.17) is 9.47 Å². The Kier molecular flexibility index (Phi) is 5.12. The average molecular weight is 270 g/mol. The van der Waals surface area contributed by atoms with Gasteiger partial charge in [0.05, 0.1) is 37.0 Å². The summed E-state index contributed by atoms with van der Waals surface area (Å²) < 4.78 is 10.7. The second-order valence-electron chi connectivity index (χ2n) is 4.04. The number of benzene rings is 1. The fourth-order valence-corrected chi connectivity index (χ4v) is 1.66. The molecule has 4 nitrogen and oxygen atoms in total. The summed E-state index contributed by atoms with van der Waals surface area (Å²) in [5.74, 6) is 1.62. The van der Waals surface area contributed by atoms with Gasteiger partial charge in [-0.15, -0.1) is 0 Å². The topological polar surface area (TPSA) is 43.7 Å². The summed E-state index contributed by atoms with van der Waals surface area (Å²) >= 11 is 0. The third-order valence-corrected chi connectivity index (χ3v) is 2.56. The van der Waals surface area contributed by atoms with Gasteiger partial charge in [-0.1, -0.05) is 0 Å². The van der Waals surface area contributed by atoms with Crippen molar-refractivity contribution in [2.45, 2.75) is 13.8 Å². The van der Waals surface area contributed by atoms with E-state index in [-0.39, 0.29) is 0 Å². The summed E-state index contributed by atoms with van der Waals surface area (Å²) in [6, 6.07) is 11.4. The number of hydrogen-bond acceptors (Lipinski definition) is 4. The Hall–Kier alpha value is -2.36. The van der Waals surface area contributed by atoms with Crippen LogP contribution < -0.4 is 9.47 Å². The molecule has 1 aromatic heterocycles. The van der Waals surface area contributed by atoms with Gasteiger partial charge in [0.25, 0.3) is 0 Å². The zero-order valence-electron chi connectivity index (χ0n) is 11.7. The maximum atomic E-state index is 5.38. The van der Waals surface area contributed by atoms with Crippen LogP contribution in [0.2, 0.25) is 0 Å². The molecule has 0 aliphatic rings. The van der Waals surface area contributed by atoms with E-state index < -0.39 is 0 Å². The maximum absolute atomic E-state index is 5.38. The van der Waals surface area contributed by atoms with E-state index in [1.165, 1.54) is 0 Å². The Morgan fingerprint density at radius 1 is 0.950 bits per heavy atom. The van der Waals surface area contributed by atoms with Gasteiger partial charge < -0.3 is 9.47 Å². The molecule has 0 aliphatic carbocycles. The molecule has 0 fully saturated rings. The minimum absolute atomic E-state index is 0.640. The average Bonchev–Trinajstić information content (AvgIpc) is 2.49. The fraction of sp³-hybridized carbons (Fsp3) is 0.250. The quantitative estimate of drug-likeness (QED) is 0.753. The summed E-state index contributed by atoms with van der Waals surface area (Å²) in [5, 5.41) is 0. The fourth-order valence-electron chi connectivity index (χ4n) is 1.66. The molecule has 0 amide bonds. The zero-order chi connectivity index (χ0) is 14.2. The van der Waals surface area contributed by atoms with Gasteiger partial charge in [-0.2, -0.15) is 0 Å². The van der Waals surface area contributed by atoms with Crippen LogP contribution in [0.4, 0.5) is 5.69 Å². The minimum atomic E-state index is 0.640. The van der Waals surface area contributed by atoms with E-state index in [0.29, 0.717) is 13.2 Å². The van der Waals surface area contributed by atoms with Crippen LogP contribution in [0.1, 0.15) is 19.5 Å². The van der Waals surface area contributed by atoms with Gasteiger partial charge >= 0.3 is 0 Å². The number of hydrogen-bond donors (Lipinski definition) is 0. The number of aromatic nitrogens is 1. The molecular formula is C16H18N2O2. The molecule has 0 saturated carbocycles. The first kappa shape index (κ1) is 14.1. The molecule has 2 rings (SSSR count). The Bertz CT molecular complexity index is 496. The van der Waals surface area contributed by atoms with Crippen LogP contribution in [0.3, 0.4) is 0 Å². The van der Waals surface area contributed by atoms with Crippen molar-refractivity contribution in [3.05, 3.63) is 48.3 Å². The van der Waals surface area contributed by atoms with Crippen molar-refractivity contribution in [1.29, 1.82) is 0 Å². The lowest BCUT2D eigenvalue weighted by Crippen LogP contribution is -1.93. The first-order chi connectivity index (χ1) is 9.81.